The highest BCUT2D eigenvalue weighted by Gasteiger charge is 2.34. The average Bonchev–Trinajstić information content (AvgIpc) is 3.35. The van der Waals surface area contributed by atoms with Gasteiger partial charge in [0.2, 0.25) is 0 Å². The van der Waals surface area contributed by atoms with E-state index in [2.05, 4.69) is 57.1 Å². The van der Waals surface area contributed by atoms with Gasteiger partial charge in [-0.05, 0) is 56.6 Å². The van der Waals surface area contributed by atoms with Crippen LogP contribution < -0.4 is 15.4 Å². The van der Waals surface area contributed by atoms with E-state index in [-0.39, 0.29) is 24.5 Å². The monoisotopic (exact) mass is 611 g/mol. The van der Waals surface area contributed by atoms with E-state index in [1.807, 2.05) is 39.1 Å². The maximum absolute atomic E-state index is 13.8. The first kappa shape index (κ1) is 31.7. The number of hydrogen-bond acceptors (Lipinski definition) is 7. The minimum Gasteiger partial charge on any atom is -0.486 e. The number of urea groups is 1. The molecule has 0 saturated heterocycles. The smallest absolute Gasteiger partial charge is 0.323 e. The van der Waals surface area contributed by atoms with Crippen LogP contribution in [-0.2, 0) is 6.54 Å². The molecular weight excluding hydrogens is 570 g/mol. The van der Waals surface area contributed by atoms with Gasteiger partial charge in [0.05, 0.1) is 23.9 Å². The lowest BCUT2D eigenvalue weighted by atomic mass is 9.98. The summed E-state index contributed by atoms with van der Waals surface area (Å²) >= 11 is 0. The van der Waals surface area contributed by atoms with E-state index < -0.39 is 12.1 Å². The van der Waals surface area contributed by atoms with Gasteiger partial charge in [0.1, 0.15) is 17.5 Å². The molecule has 3 N–H and O–H groups in total. The number of ether oxygens (including phenoxy) is 1. The first-order valence-corrected chi connectivity index (χ1v) is 15.2. The number of benzene rings is 3. The molecule has 1 aromatic heterocycles. The zero-order valence-corrected chi connectivity index (χ0v) is 26.4. The molecule has 236 valence electrons. The van der Waals surface area contributed by atoms with Crippen molar-refractivity contribution in [1.82, 2.24) is 15.0 Å². The summed E-state index contributed by atoms with van der Waals surface area (Å²) < 4.78 is 11.8. The van der Waals surface area contributed by atoms with Gasteiger partial charge in [-0.1, -0.05) is 72.7 Å². The lowest BCUT2D eigenvalue weighted by Crippen LogP contribution is -2.49. The molecule has 2 heterocycles. The van der Waals surface area contributed by atoms with Crippen molar-refractivity contribution in [3.8, 4) is 16.9 Å². The molecule has 1 aliphatic heterocycles. The molecule has 4 aromatic rings. The van der Waals surface area contributed by atoms with Gasteiger partial charge in [-0.2, -0.15) is 0 Å². The van der Waals surface area contributed by atoms with Gasteiger partial charge < -0.3 is 29.9 Å². The predicted molar refractivity (Wildman–Crippen MR) is 174 cm³/mol. The van der Waals surface area contributed by atoms with Crippen molar-refractivity contribution < 1.29 is 24.0 Å². The molecule has 10 nitrogen and oxygen atoms in total. The highest BCUT2D eigenvalue weighted by Crippen LogP contribution is 2.35. The second-order valence-electron chi connectivity index (χ2n) is 11.8. The molecule has 0 radical (unpaired) electrons. The summed E-state index contributed by atoms with van der Waals surface area (Å²) in [5, 5.41) is 19.5. The Balaban J connectivity index is 1.38. The summed E-state index contributed by atoms with van der Waals surface area (Å²) in [7, 11) is 2.04. The number of carbonyl (C=O) groups is 2. The lowest BCUT2D eigenvalue weighted by molar-refractivity contribution is 0.0343. The number of fused-ring (bicyclic) bond motifs is 1. The number of aliphatic hydroxyl groups excluding tert-OH is 1. The first-order chi connectivity index (χ1) is 21.6. The van der Waals surface area contributed by atoms with Gasteiger partial charge in [0, 0.05) is 25.6 Å². The number of aromatic nitrogens is 1. The molecule has 0 fully saturated rings. The third-order valence-corrected chi connectivity index (χ3v) is 8.22. The topological polar surface area (TPSA) is 120 Å². The van der Waals surface area contributed by atoms with Crippen LogP contribution in [0.5, 0.6) is 5.75 Å². The van der Waals surface area contributed by atoms with E-state index in [0.29, 0.717) is 53.8 Å². The Morgan fingerprint density at radius 3 is 2.42 bits per heavy atom. The van der Waals surface area contributed by atoms with Crippen LogP contribution in [0.25, 0.3) is 11.1 Å². The van der Waals surface area contributed by atoms with E-state index in [9.17, 15) is 14.7 Å². The number of rotatable bonds is 9. The summed E-state index contributed by atoms with van der Waals surface area (Å²) in [6.07, 6.45) is -0.326. The predicted octanol–water partition coefficient (Wildman–Crippen LogP) is 5.95. The molecule has 0 spiro atoms. The van der Waals surface area contributed by atoms with Crippen LogP contribution in [0.4, 0.5) is 16.2 Å². The Bertz CT molecular complexity index is 1600. The SMILES string of the molecule is Cc1noc(C)c1NC(=O)Nc1cccc2c1O[C@H](CN(C)Cc1ccc(-c3ccccc3)cc1)[C@@H](C)CN([C@H](C)CO)C2=O. The molecule has 0 saturated carbocycles. The van der Waals surface area contributed by atoms with Crippen molar-refractivity contribution in [2.24, 2.45) is 5.92 Å². The van der Waals surface area contributed by atoms with E-state index in [1.165, 1.54) is 11.1 Å². The van der Waals surface area contributed by atoms with Crippen molar-refractivity contribution in [2.45, 2.75) is 46.4 Å². The molecule has 0 bridgehead atoms. The third-order valence-electron chi connectivity index (χ3n) is 8.22. The van der Waals surface area contributed by atoms with Gasteiger partial charge in [-0.15, -0.1) is 0 Å². The average molecular weight is 612 g/mol. The van der Waals surface area contributed by atoms with Crippen LogP contribution in [-0.4, -0.2) is 70.9 Å². The quantitative estimate of drug-likeness (QED) is 0.214. The van der Waals surface area contributed by atoms with Crippen molar-refractivity contribution in [1.29, 1.82) is 0 Å². The van der Waals surface area contributed by atoms with Gasteiger partial charge in [-0.25, -0.2) is 4.79 Å². The van der Waals surface area contributed by atoms with Crippen LogP contribution in [0.1, 0.15) is 41.2 Å². The van der Waals surface area contributed by atoms with Crippen LogP contribution in [0, 0.1) is 19.8 Å². The number of nitrogens with zero attached hydrogens (tertiary/aromatic N) is 3. The number of aryl methyl sites for hydroxylation is 2. The van der Waals surface area contributed by atoms with E-state index >= 15 is 0 Å². The fourth-order valence-electron chi connectivity index (χ4n) is 5.60. The number of nitrogens with one attached hydrogen (secondary N) is 2. The molecule has 3 amide bonds. The number of carbonyl (C=O) groups excluding carboxylic acids is 2. The largest absolute Gasteiger partial charge is 0.486 e. The van der Waals surface area contributed by atoms with Crippen LogP contribution in [0.15, 0.2) is 77.3 Å². The minimum atomic E-state index is -0.517. The molecule has 5 rings (SSSR count). The maximum Gasteiger partial charge on any atom is 0.323 e. The van der Waals surface area contributed by atoms with Crippen molar-refractivity contribution >= 4 is 23.3 Å². The van der Waals surface area contributed by atoms with Crippen molar-refractivity contribution in [3.63, 3.8) is 0 Å². The molecule has 3 aromatic carbocycles. The van der Waals surface area contributed by atoms with Gasteiger partial charge in [-0.3, -0.25) is 9.69 Å². The van der Waals surface area contributed by atoms with Crippen LogP contribution >= 0.6 is 0 Å². The zero-order chi connectivity index (χ0) is 32.1. The highest BCUT2D eigenvalue weighted by molar-refractivity contribution is 6.04. The van der Waals surface area contributed by atoms with E-state index in [4.69, 9.17) is 9.26 Å². The number of anilines is 2. The zero-order valence-electron chi connectivity index (χ0n) is 26.4. The second kappa shape index (κ2) is 14.0. The number of amides is 3. The summed E-state index contributed by atoms with van der Waals surface area (Å²) in [5.74, 6) is 0.433. The highest BCUT2D eigenvalue weighted by atomic mass is 16.5. The molecule has 10 heteroatoms. The summed E-state index contributed by atoms with van der Waals surface area (Å²) in [6, 6.07) is 23.0. The Morgan fingerprint density at radius 2 is 1.76 bits per heavy atom. The van der Waals surface area contributed by atoms with Gasteiger partial charge in [0.25, 0.3) is 5.91 Å². The fraction of sp³-hybridized carbons (Fsp3) is 0.343. The lowest BCUT2D eigenvalue weighted by Gasteiger charge is -2.38. The summed E-state index contributed by atoms with van der Waals surface area (Å²) in [4.78, 5) is 30.8. The maximum atomic E-state index is 13.8. The summed E-state index contributed by atoms with van der Waals surface area (Å²) in [6.45, 7) is 8.83. The molecule has 1 aliphatic rings. The van der Waals surface area contributed by atoms with E-state index in [1.54, 1.807) is 36.9 Å². The van der Waals surface area contributed by atoms with Crippen molar-refractivity contribution in [2.75, 3.05) is 37.4 Å². The number of para-hydroxylation sites is 1. The normalized spacial score (nSPS) is 17.2. The standard InChI is InChI=1S/C35H41N5O5/c1-22-18-40(23(2)21-41)34(42)29-12-9-13-30(36-35(43)37-32-24(3)38-45-25(32)4)33(29)44-31(22)20-39(5)19-26-14-16-28(17-15-26)27-10-7-6-8-11-27/h6-17,22-23,31,41H,18-21H2,1-5H3,(H2,36,37,43)/t22-,23+,31+/m0/s1. The number of likely N-dealkylation sites (N-methyl/N-ethyl adjacent to an activating group) is 1. The third kappa shape index (κ3) is 7.35. The molecular formula is C35H41N5O5. The minimum absolute atomic E-state index is 0.0804. The molecule has 0 aliphatic carbocycles. The van der Waals surface area contributed by atoms with Crippen molar-refractivity contribution in [3.05, 3.63) is 95.4 Å². The van der Waals surface area contributed by atoms with E-state index in [0.717, 1.165) is 5.56 Å². The fourth-order valence-corrected chi connectivity index (χ4v) is 5.60. The van der Waals surface area contributed by atoms with Gasteiger partial charge in [0.15, 0.2) is 11.5 Å². The molecule has 0 unspecified atom stereocenters. The number of aliphatic hydroxyl groups is 1. The first-order valence-electron chi connectivity index (χ1n) is 15.2. The van der Waals surface area contributed by atoms with Crippen LogP contribution in [0.3, 0.4) is 0 Å². The molecule has 45 heavy (non-hydrogen) atoms. The number of hydrogen-bond donors (Lipinski definition) is 3. The van der Waals surface area contributed by atoms with Crippen LogP contribution in [0.2, 0.25) is 0 Å². The Morgan fingerprint density at radius 1 is 1.04 bits per heavy atom. The molecule has 3 atom stereocenters. The summed E-state index contributed by atoms with van der Waals surface area (Å²) in [5.41, 5.74) is 5.22. The Labute approximate surface area is 264 Å². The second-order valence-corrected chi connectivity index (χ2v) is 11.8. The Hall–Kier alpha value is -4.67. The van der Waals surface area contributed by atoms with Gasteiger partial charge >= 0.3 is 6.03 Å². The Kier molecular flexibility index (Phi) is 9.85.